The van der Waals surface area contributed by atoms with Gasteiger partial charge in [0.1, 0.15) is 5.75 Å². The monoisotopic (exact) mass is 425 g/mol. The molecule has 2 aromatic rings. The fourth-order valence-electron chi connectivity index (χ4n) is 3.89. The van der Waals surface area contributed by atoms with Crippen LogP contribution in [-0.4, -0.2) is 35.3 Å². The molecular weight excluding hydrogens is 398 g/mol. The maximum Gasteiger partial charge on any atom is 0.269 e. The lowest BCUT2D eigenvalue weighted by Crippen LogP contribution is -2.35. The zero-order valence-electron chi connectivity index (χ0n) is 17.7. The molecule has 8 heteroatoms. The number of nitro groups is 1. The highest BCUT2D eigenvalue weighted by Gasteiger charge is 2.44. The van der Waals surface area contributed by atoms with E-state index in [9.17, 15) is 19.7 Å². The number of methoxy groups -OCH3 is 1. The van der Waals surface area contributed by atoms with Crippen LogP contribution in [-0.2, 0) is 16.1 Å². The summed E-state index contributed by atoms with van der Waals surface area (Å²) in [5.74, 6) is -0.0144. The highest BCUT2D eigenvalue weighted by atomic mass is 16.6. The topological polar surface area (TPSA) is 102 Å². The van der Waals surface area contributed by atoms with Crippen molar-refractivity contribution in [2.45, 2.75) is 38.8 Å². The summed E-state index contributed by atoms with van der Waals surface area (Å²) in [4.78, 5) is 37.9. The van der Waals surface area contributed by atoms with Gasteiger partial charge in [0, 0.05) is 31.6 Å². The number of carbonyl (C=O) groups is 2. The Morgan fingerprint density at radius 3 is 2.45 bits per heavy atom. The second-order valence-electron chi connectivity index (χ2n) is 7.61. The number of nitro benzene ring substituents is 1. The zero-order chi connectivity index (χ0) is 22.4. The first-order valence-electron chi connectivity index (χ1n) is 10.4. The third kappa shape index (κ3) is 5.20. The fraction of sp³-hybridized carbons (Fsp3) is 0.391. The number of benzene rings is 2. The first-order chi connectivity index (χ1) is 14.9. The minimum Gasteiger partial charge on any atom is -0.497 e. The Bertz CT molecular complexity index is 927. The number of carbonyl (C=O) groups excluding carboxylic acids is 2. The highest BCUT2D eigenvalue weighted by Crippen LogP contribution is 2.39. The number of likely N-dealkylation sites (tertiary alicyclic amines) is 1. The lowest BCUT2D eigenvalue weighted by Gasteiger charge is -2.28. The van der Waals surface area contributed by atoms with Gasteiger partial charge in [0.05, 0.1) is 24.0 Å². The van der Waals surface area contributed by atoms with Gasteiger partial charge in [-0.1, -0.05) is 37.6 Å². The van der Waals surface area contributed by atoms with Crippen molar-refractivity contribution in [3.8, 4) is 5.75 Å². The lowest BCUT2D eigenvalue weighted by molar-refractivity contribution is -0.384. The molecule has 1 fully saturated rings. The van der Waals surface area contributed by atoms with Gasteiger partial charge in [-0.3, -0.25) is 19.7 Å². The van der Waals surface area contributed by atoms with E-state index in [0.29, 0.717) is 12.3 Å². The Balaban J connectivity index is 1.76. The third-order valence-corrected chi connectivity index (χ3v) is 5.59. The summed E-state index contributed by atoms with van der Waals surface area (Å²) in [6.45, 7) is 2.92. The lowest BCUT2D eigenvalue weighted by atomic mass is 9.92. The molecule has 0 spiro atoms. The van der Waals surface area contributed by atoms with E-state index in [1.165, 1.54) is 12.1 Å². The van der Waals surface area contributed by atoms with E-state index in [1.807, 2.05) is 24.3 Å². The number of nitrogens with one attached hydrogen (secondary N) is 1. The van der Waals surface area contributed by atoms with Crippen LogP contribution >= 0.6 is 0 Å². The molecule has 2 unspecified atom stereocenters. The van der Waals surface area contributed by atoms with Crippen molar-refractivity contribution >= 4 is 17.5 Å². The van der Waals surface area contributed by atoms with Crippen LogP contribution in [0, 0.1) is 16.0 Å². The zero-order valence-corrected chi connectivity index (χ0v) is 17.7. The van der Waals surface area contributed by atoms with Crippen LogP contribution in [0.15, 0.2) is 48.5 Å². The van der Waals surface area contributed by atoms with Gasteiger partial charge in [0.25, 0.3) is 5.69 Å². The number of hydrogen-bond acceptors (Lipinski definition) is 5. The first kappa shape index (κ1) is 22.3. The summed E-state index contributed by atoms with van der Waals surface area (Å²) >= 11 is 0. The van der Waals surface area contributed by atoms with Crippen LogP contribution in [0.4, 0.5) is 5.69 Å². The van der Waals surface area contributed by atoms with Crippen molar-refractivity contribution in [3.63, 3.8) is 0 Å². The van der Waals surface area contributed by atoms with Gasteiger partial charge in [0.2, 0.25) is 11.8 Å². The Morgan fingerprint density at radius 1 is 1.19 bits per heavy atom. The maximum absolute atomic E-state index is 13.0. The Hall–Kier alpha value is -3.42. The van der Waals surface area contributed by atoms with Gasteiger partial charge in [-0.05, 0) is 29.7 Å². The van der Waals surface area contributed by atoms with E-state index in [4.69, 9.17) is 4.74 Å². The van der Waals surface area contributed by atoms with Gasteiger partial charge in [0.15, 0.2) is 0 Å². The molecule has 3 rings (SSSR count). The standard InChI is InChI=1S/C23H27N3O5/c1-3-4-13-25-21(27)14-20(22(25)17-7-11-19(31-2)12-8-17)23(28)24-15-16-5-9-18(10-6-16)26(29)30/h5-12,20,22H,3-4,13-15H2,1-2H3,(H,24,28). The van der Waals surface area contributed by atoms with Crippen LogP contribution < -0.4 is 10.1 Å². The van der Waals surface area contributed by atoms with E-state index < -0.39 is 10.8 Å². The summed E-state index contributed by atoms with van der Waals surface area (Å²) in [6.07, 6.45) is 1.98. The number of non-ortho nitro benzene ring substituents is 1. The fourth-order valence-corrected chi connectivity index (χ4v) is 3.89. The molecule has 1 N–H and O–H groups in total. The van der Waals surface area contributed by atoms with E-state index in [2.05, 4.69) is 12.2 Å². The molecule has 0 aromatic heterocycles. The molecule has 164 valence electrons. The van der Waals surface area contributed by atoms with E-state index in [1.54, 1.807) is 24.1 Å². The predicted molar refractivity (Wildman–Crippen MR) is 115 cm³/mol. The summed E-state index contributed by atoms with van der Waals surface area (Å²) in [5, 5.41) is 13.7. The molecule has 2 amide bonds. The molecule has 0 bridgehead atoms. The second kappa shape index (κ2) is 10.1. The van der Waals surface area contributed by atoms with Crippen molar-refractivity contribution in [1.82, 2.24) is 10.2 Å². The molecule has 0 radical (unpaired) electrons. The van der Waals surface area contributed by atoms with E-state index in [-0.39, 0.29) is 36.5 Å². The average molecular weight is 425 g/mol. The number of hydrogen-bond donors (Lipinski definition) is 1. The Morgan fingerprint density at radius 2 is 1.87 bits per heavy atom. The number of unbranched alkanes of at least 4 members (excludes halogenated alkanes) is 1. The predicted octanol–water partition coefficient (Wildman–Crippen LogP) is 3.61. The molecule has 1 heterocycles. The third-order valence-electron chi connectivity index (χ3n) is 5.59. The minimum absolute atomic E-state index is 0.00241. The normalized spacial score (nSPS) is 18.1. The number of ether oxygens (including phenoxy) is 1. The number of rotatable bonds is 9. The molecule has 1 saturated heterocycles. The Labute approximate surface area is 181 Å². The summed E-state index contributed by atoms with van der Waals surface area (Å²) in [6, 6.07) is 13.2. The van der Waals surface area contributed by atoms with Crippen molar-refractivity contribution in [2.24, 2.45) is 5.92 Å². The van der Waals surface area contributed by atoms with Gasteiger partial charge in [-0.15, -0.1) is 0 Å². The van der Waals surface area contributed by atoms with Gasteiger partial charge in [-0.2, -0.15) is 0 Å². The SMILES string of the molecule is CCCCN1C(=O)CC(C(=O)NCc2ccc([N+](=O)[O-])cc2)C1c1ccc(OC)cc1. The molecule has 0 aliphatic carbocycles. The molecule has 1 aliphatic rings. The Kier molecular flexibility index (Phi) is 7.23. The molecular formula is C23H27N3O5. The minimum atomic E-state index is -0.504. The summed E-state index contributed by atoms with van der Waals surface area (Å²) < 4.78 is 5.23. The van der Waals surface area contributed by atoms with Crippen LogP contribution in [0.2, 0.25) is 0 Å². The van der Waals surface area contributed by atoms with Crippen molar-refractivity contribution in [1.29, 1.82) is 0 Å². The van der Waals surface area contributed by atoms with Crippen molar-refractivity contribution in [3.05, 3.63) is 69.8 Å². The van der Waals surface area contributed by atoms with Crippen molar-refractivity contribution in [2.75, 3.05) is 13.7 Å². The van der Waals surface area contributed by atoms with Crippen LogP contribution in [0.25, 0.3) is 0 Å². The smallest absolute Gasteiger partial charge is 0.269 e. The highest BCUT2D eigenvalue weighted by molar-refractivity contribution is 5.90. The molecule has 1 aliphatic heterocycles. The second-order valence-corrected chi connectivity index (χ2v) is 7.61. The average Bonchev–Trinajstić information content (AvgIpc) is 3.12. The van der Waals surface area contributed by atoms with Crippen LogP contribution in [0.5, 0.6) is 5.75 Å². The molecule has 8 nitrogen and oxygen atoms in total. The van der Waals surface area contributed by atoms with Gasteiger partial charge < -0.3 is 15.0 Å². The van der Waals surface area contributed by atoms with E-state index >= 15 is 0 Å². The van der Waals surface area contributed by atoms with Crippen LogP contribution in [0.1, 0.15) is 43.4 Å². The summed E-state index contributed by atoms with van der Waals surface area (Å²) in [7, 11) is 1.59. The molecule has 0 saturated carbocycles. The van der Waals surface area contributed by atoms with Crippen LogP contribution in [0.3, 0.4) is 0 Å². The summed E-state index contributed by atoms with van der Waals surface area (Å²) in [5.41, 5.74) is 1.66. The largest absolute Gasteiger partial charge is 0.497 e. The molecule has 31 heavy (non-hydrogen) atoms. The van der Waals surface area contributed by atoms with Gasteiger partial charge in [-0.25, -0.2) is 0 Å². The number of nitrogens with zero attached hydrogens (tertiary/aromatic N) is 2. The van der Waals surface area contributed by atoms with Crippen molar-refractivity contribution < 1.29 is 19.2 Å². The van der Waals surface area contributed by atoms with E-state index in [0.717, 1.165) is 24.0 Å². The van der Waals surface area contributed by atoms with Gasteiger partial charge >= 0.3 is 0 Å². The number of amides is 2. The quantitative estimate of drug-likeness (QED) is 0.488. The molecule has 2 atom stereocenters. The molecule has 2 aromatic carbocycles. The maximum atomic E-state index is 13.0. The first-order valence-corrected chi connectivity index (χ1v) is 10.4.